The van der Waals surface area contributed by atoms with Crippen LogP contribution in [0.25, 0.3) is 0 Å². The highest BCUT2D eigenvalue weighted by Gasteiger charge is 2.25. The summed E-state index contributed by atoms with van der Waals surface area (Å²) >= 11 is 0. The molecule has 1 aliphatic rings. The van der Waals surface area contributed by atoms with E-state index in [0.717, 1.165) is 38.4 Å². The van der Waals surface area contributed by atoms with Gasteiger partial charge in [-0.25, -0.2) is 0 Å². The zero-order chi connectivity index (χ0) is 18.2. The molecule has 138 valence electrons. The smallest absolute Gasteiger partial charge is 0.313 e. The summed E-state index contributed by atoms with van der Waals surface area (Å²) in [6.45, 7) is 10.1. The molecule has 0 bridgehead atoms. The normalized spacial score (nSPS) is 15.1. The van der Waals surface area contributed by atoms with Gasteiger partial charge in [-0.3, -0.25) is 14.5 Å². The molecule has 0 aliphatic carbocycles. The number of carbonyl (C=O) groups is 2. The Morgan fingerprint density at radius 3 is 2.20 bits per heavy atom. The largest absolute Gasteiger partial charge is 0.372 e. The van der Waals surface area contributed by atoms with Crippen LogP contribution in [0.5, 0.6) is 0 Å². The van der Waals surface area contributed by atoms with Crippen molar-refractivity contribution in [1.29, 1.82) is 0 Å². The summed E-state index contributed by atoms with van der Waals surface area (Å²) in [6.07, 6.45) is 0. The first-order chi connectivity index (χ1) is 12.1. The van der Waals surface area contributed by atoms with Gasteiger partial charge >= 0.3 is 11.8 Å². The second kappa shape index (κ2) is 9.39. The summed E-state index contributed by atoms with van der Waals surface area (Å²) < 4.78 is 0. The predicted molar refractivity (Wildman–Crippen MR) is 101 cm³/mol. The predicted octanol–water partition coefficient (Wildman–Crippen LogP) is 0.574. The third kappa shape index (κ3) is 5.17. The highest BCUT2D eigenvalue weighted by Crippen LogP contribution is 2.17. The van der Waals surface area contributed by atoms with Gasteiger partial charge in [-0.1, -0.05) is 0 Å². The first kappa shape index (κ1) is 19.2. The van der Waals surface area contributed by atoms with Crippen molar-refractivity contribution in [2.75, 3.05) is 62.6 Å². The van der Waals surface area contributed by atoms with Crippen LogP contribution in [0.3, 0.4) is 0 Å². The summed E-state index contributed by atoms with van der Waals surface area (Å²) in [5.41, 5.74) is 7.28. The zero-order valence-corrected chi connectivity index (χ0v) is 15.2. The number of amides is 2. The second-order valence-electron chi connectivity index (χ2n) is 6.10. The third-order valence-electron chi connectivity index (χ3n) is 4.55. The van der Waals surface area contributed by atoms with Crippen molar-refractivity contribution >= 4 is 23.2 Å². The number of piperazine rings is 1. The van der Waals surface area contributed by atoms with Crippen molar-refractivity contribution in [2.24, 2.45) is 5.73 Å². The van der Waals surface area contributed by atoms with Gasteiger partial charge in [-0.2, -0.15) is 0 Å². The van der Waals surface area contributed by atoms with Gasteiger partial charge in [0, 0.05) is 63.7 Å². The molecule has 7 heteroatoms. The molecule has 1 fully saturated rings. The number of hydrogen-bond acceptors (Lipinski definition) is 5. The van der Waals surface area contributed by atoms with E-state index in [1.54, 1.807) is 4.90 Å². The molecule has 1 aromatic rings. The molecule has 1 saturated heterocycles. The minimum Gasteiger partial charge on any atom is -0.372 e. The maximum absolute atomic E-state index is 12.3. The molecule has 1 aliphatic heterocycles. The first-order valence-corrected chi connectivity index (χ1v) is 8.96. The van der Waals surface area contributed by atoms with Crippen molar-refractivity contribution in [3.05, 3.63) is 24.3 Å². The maximum Gasteiger partial charge on any atom is 0.313 e. The highest BCUT2D eigenvalue weighted by atomic mass is 16.2. The lowest BCUT2D eigenvalue weighted by atomic mass is 10.2. The van der Waals surface area contributed by atoms with E-state index in [2.05, 4.69) is 29.0 Å². The highest BCUT2D eigenvalue weighted by molar-refractivity contribution is 6.39. The van der Waals surface area contributed by atoms with Crippen LogP contribution in [0.2, 0.25) is 0 Å². The quantitative estimate of drug-likeness (QED) is 0.736. The number of nitrogens with two attached hydrogens (primary N) is 1. The lowest BCUT2D eigenvalue weighted by Gasteiger charge is -2.34. The standard InChI is InChI=1S/C18H29N5O2/c1-3-22(4-2)16-7-5-15(6-8-16)20-17(24)18(25)23-13-11-21(10-9-19)12-14-23/h5-8H,3-4,9-14,19H2,1-2H3,(H,20,24). The van der Waals surface area contributed by atoms with Crippen LogP contribution >= 0.6 is 0 Å². The van der Waals surface area contributed by atoms with Crippen LogP contribution in [0.4, 0.5) is 11.4 Å². The maximum atomic E-state index is 12.3. The van der Waals surface area contributed by atoms with E-state index in [1.807, 2.05) is 24.3 Å². The average Bonchev–Trinajstić information content (AvgIpc) is 2.64. The molecule has 0 spiro atoms. The molecule has 0 unspecified atom stereocenters. The van der Waals surface area contributed by atoms with Crippen LogP contribution in [0.15, 0.2) is 24.3 Å². The Morgan fingerprint density at radius 1 is 1.08 bits per heavy atom. The van der Waals surface area contributed by atoms with Gasteiger partial charge in [0.25, 0.3) is 0 Å². The molecule has 7 nitrogen and oxygen atoms in total. The monoisotopic (exact) mass is 347 g/mol. The van der Waals surface area contributed by atoms with E-state index < -0.39 is 11.8 Å². The molecular weight excluding hydrogens is 318 g/mol. The van der Waals surface area contributed by atoms with Gasteiger partial charge in [0.2, 0.25) is 0 Å². The van der Waals surface area contributed by atoms with E-state index in [9.17, 15) is 9.59 Å². The van der Waals surface area contributed by atoms with Crippen molar-refractivity contribution in [3.63, 3.8) is 0 Å². The van der Waals surface area contributed by atoms with E-state index in [-0.39, 0.29) is 0 Å². The minimum atomic E-state index is -0.581. The van der Waals surface area contributed by atoms with E-state index in [1.165, 1.54) is 0 Å². The third-order valence-corrected chi connectivity index (χ3v) is 4.55. The van der Waals surface area contributed by atoms with Crippen molar-refractivity contribution in [2.45, 2.75) is 13.8 Å². The molecule has 0 aromatic heterocycles. The second-order valence-corrected chi connectivity index (χ2v) is 6.10. The lowest BCUT2D eigenvalue weighted by molar-refractivity contribution is -0.144. The number of nitrogens with zero attached hydrogens (tertiary/aromatic N) is 3. The molecule has 3 N–H and O–H groups in total. The van der Waals surface area contributed by atoms with Crippen LogP contribution < -0.4 is 16.0 Å². The molecule has 2 amide bonds. The van der Waals surface area contributed by atoms with Gasteiger partial charge in [-0.05, 0) is 38.1 Å². The van der Waals surface area contributed by atoms with Gasteiger partial charge in [0.15, 0.2) is 0 Å². The van der Waals surface area contributed by atoms with Gasteiger partial charge in [0.05, 0.1) is 0 Å². The Kier molecular flexibility index (Phi) is 7.21. The zero-order valence-electron chi connectivity index (χ0n) is 15.2. The van der Waals surface area contributed by atoms with Gasteiger partial charge < -0.3 is 20.9 Å². The lowest BCUT2D eigenvalue weighted by Crippen LogP contribution is -2.52. The molecule has 0 radical (unpaired) electrons. The Hall–Kier alpha value is -2.12. The number of nitrogens with one attached hydrogen (secondary N) is 1. The number of anilines is 2. The Morgan fingerprint density at radius 2 is 1.68 bits per heavy atom. The summed E-state index contributed by atoms with van der Waals surface area (Å²) in [7, 11) is 0. The average molecular weight is 347 g/mol. The molecule has 1 aromatic carbocycles. The Bertz CT molecular complexity index is 563. The summed E-state index contributed by atoms with van der Waals surface area (Å²) in [6, 6.07) is 7.58. The number of hydrogen-bond donors (Lipinski definition) is 2. The van der Waals surface area contributed by atoms with Crippen LogP contribution in [-0.4, -0.2) is 74.0 Å². The SMILES string of the molecule is CCN(CC)c1ccc(NC(=O)C(=O)N2CCN(CCN)CC2)cc1. The van der Waals surface area contributed by atoms with Crippen LogP contribution in [0.1, 0.15) is 13.8 Å². The van der Waals surface area contributed by atoms with E-state index >= 15 is 0 Å². The van der Waals surface area contributed by atoms with E-state index in [0.29, 0.717) is 25.3 Å². The van der Waals surface area contributed by atoms with Gasteiger partial charge in [-0.15, -0.1) is 0 Å². The molecule has 0 atom stereocenters. The van der Waals surface area contributed by atoms with Crippen LogP contribution in [0, 0.1) is 0 Å². The molecule has 0 saturated carbocycles. The minimum absolute atomic E-state index is 0.472. The summed E-state index contributed by atoms with van der Waals surface area (Å²) in [5.74, 6) is -1.05. The molecule has 2 rings (SSSR count). The van der Waals surface area contributed by atoms with Crippen LogP contribution in [-0.2, 0) is 9.59 Å². The van der Waals surface area contributed by atoms with Crippen molar-refractivity contribution in [3.8, 4) is 0 Å². The Labute approximate surface area is 149 Å². The molecular formula is C18H29N5O2. The van der Waals surface area contributed by atoms with E-state index in [4.69, 9.17) is 5.73 Å². The number of carbonyl (C=O) groups excluding carboxylic acids is 2. The topological polar surface area (TPSA) is 81.9 Å². The number of benzene rings is 1. The molecule has 25 heavy (non-hydrogen) atoms. The van der Waals surface area contributed by atoms with Crippen molar-refractivity contribution in [1.82, 2.24) is 9.80 Å². The fraction of sp³-hybridized carbons (Fsp3) is 0.556. The Balaban J connectivity index is 1.88. The fourth-order valence-electron chi connectivity index (χ4n) is 3.03. The summed E-state index contributed by atoms with van der Waals surface area (Å²) in [4.78, 5) is 30.5. The number of rotatable bonds is 6. The van der Waals surface area contributed by atoms with Gasteiger partial charge in [0.1, 0.15) is 0 Å². The summed E-state index contributed by atoms with van der Waals surface area (Å²) in [5, 5.41) is 2.70. The first-order valence-electron chi connectivity index (χ1n) is 8.96. The van der Waals surface area contributed by atoms with Crippen molar-refractivity contribution < 1.29 is 9.59 Å². The molecule has 1 heterocycles. The fourth-order valence-corrected chi connectivity index (χ4v) is 3.03.